The second-order valence-corrected chi connectivity index (χ2v) is 11.0. The first-order chi connectivity index (χ1) is 13.7. The number of halogens is 1. The number of amides is 1. The van der Waals surface area contributed by atoms with Gasteiger partial charge in [-0.1, -0.05) is 12.1 Å². The number of nitrogens with zero attached hydrogens (tertiary/aromatic N) is 4. The summed E-state index contributed by atoms with van der Waals surface area (Å²) in [6.07, 6.45) is 3.37. The summed E-state index contributed by atoms with van der Waals surface area (Å²) in [7, 11) is -3.51. The molecule has 1 aromatic carbocycles. The standard InChI is InChI=1S/C18H21FN4O4S2/c1-21-11-16(20-13-21)29(26,27)22-7-5-18(6-8-22)23(17(24)12-28(18)25)10-14-3-2-4-15(19)9-14/h2-4,9,11,13H,5-8,10,12H2,1H3. The third kappa shape index (κ3) is 3.51. The molecule has 3 heterocycles. The Morgan fingerprint density at radius 1 is 1.28 bits per heavy atom. The molecule has 0 radical (unpaired) electrons. The van der Waals surface area contributed by atoms with Gasteiger partial charge in [0.15, 0.2) is 5.03 Å². The van der Waals surface area contributed by atoms with Crippen molar-refractivity contribution in [3.63, 3.8) is 0 Å². The molecule has 2 aromatic rings. The Kier molecular flexibility index (Phi) is 5.07. The van der Waals surface area contributed by atoms with Gasteiger partial charge >= 0.3 is 0 Å². The number of carbonyl (C=O) groups is 1. The molecule has 2 saturated heterocycles. The van der Waals surface area contributed by atoms with Crippen molar-refractivity contribution in [2.75, 3.05) is 18.8 Å². The second-order valence-electron chi connectivity index (χ2n) is 7.33. The van der Waals surface area contributed by atoms with Gasteiger partial charge < -0.3 is 9.47 Å². The summed E-state index contributed by atoms with van der Waals surface area (Å²) >= 11 is 0. The van der Waals surface area contributed by atoms with E-state index >= 15 is 0 Å². The van der Waals surface area contributed by atoms with Crippen LogP contribution in [0, 0.1) is 5.82 Å². The van der Waals surface area contributed by atoms with Crippen molar-refractivity contribution < 1.29 is 21.8 Å². The quantitative estimate of drug-likeness (QED) is 0.702. The molecule has 1 aromatic heterocycles. The number of piperidine rings is 1. The Hall–Kier alpha value is -2.11. The molecule has 0 aliphatic carbocycles. The Morgan fingerprint density at radius 3 is 2.62 bits per heavy atom. The SMILES string of the molecule is Cn1cnc(S(=O)(=O)N2CCC3(CC2)N(Cc2cccc(F)c2)C(=O)CS3=O)c1. The summed E-state index contributed by atoms with van der Waals surface area (Å²) in [4.78, 5) is 17.1. The minimum absolute atomic E-state index is 0.0313. The summed E-state index contributed by atoms with van der Waals surface area (Å²) < 4.78 is 54.9. The fourth-order valence-corrected chi connectivity index (χ4v) is 7.06. The topological polar surface area (TPSA) is 92.6 Å². The van der Waals surface area contributed by atoms with Crippen LogP contribution in [0.4, 0.5) is 4.39 Å². The van der Waals surface area contributed by atoms with E-state index in [1.807, 2.05) is 0 Å². The van der Waals surface area contributed by atoms with Gasteiger partial charge in [-0.2, -0.15) is 4.31 Å². The largest absolute Gasteiger partial charge is 0.339 e. The van der Waals surface area contributed by atoms with Crippen molar-refractivity contribution >= 4 is 26.7 Å². The number of aryl methyl sites for hydroxylation is 1. The molecule has 1 amide bonds. The normalized spacial score (nSPS) is 22.5. The number of benzene rings is 1. The lowest BCUT2D eigenvalue weighted by molar-refractivity contribution is -0.131. The van der Waals surface area contributed by atoms with Gasteiger partial charge in [0.2, 0.25) is 5.91 Å². The van der Waals surface area contributed by atoms with E-state index < -0.39 is 31.5 Å². The average Bonchev–Trinajstić information content (AvgIpc) is 3.21. The predicted molar refractivity (Wildman–Crippen MR) is 104 cm³/mol. The van der Waals surface area contributed by atoms with Gasteiger partial charge in [-0.3, -0.25) is 9.00 Å². The first kappa shape index (κ1) is 20.2. The van der Waals surface area contributed by atoms with Gasteiger partial charge in [-0.15, -0.1) is 0 Å². The zero-order valence-electron chi connectivity index (χ0n) is 15.8. The van der Waals surface area contributed by atoms with Crippen molar-refractivity contribution in [3.8, 4) is 0 Å². The molecule has 1 atom stereocenters. The van der Waals surface area contributed by atoms with E-state index in [1.54, 1.807) is 28.6 Å². The van der Waals surface area contributed by atoms with Crippen LogP contribution in [0.3, 0.4) is 0 Å². The minimum Gasteiger partial charge on any atom is -0.339 e. The molecule has 0 bridgehead atoms. The lowest BCUT2D eigenvalue weighted by Crippen LogP contribution is -2.55. The molecule has 8 nitrogen and oxygen atoms in total. The van der Waals surface area contributed by atoms with Crippen LogP contribution >= 0.6 is 0 Å². The van der Waals surface area contributed by atoms with Crippen LogP contribution in [0.2, 0.25) is 0 Å². The van der Waals surface area contributed by atoms with Crippen LogP contribution < -0.4 is 0 Å². The average molecular weight is 441 g/mol. The van der Waals surface area contributed by atoms with E-state index in [0.717, 1.165) is 0 Å². The van der Waals surface area contributed by atoms with E-state index in [9.17, 15) is 21.8 Å². The summed E-state index contributed by atoms with van der Waals surface area (Å²) in [5, 5.41) is -0.0313. The Bertz CT molecular complexity index is 1080. The number of hydrogen-bond donors (Lipinski definition) is 0. The lowest BCUT2D eigenvalue weighted by atomic mass is 10.0. The molecular formula is C18H21FN4O4S2. The fourth-order valence-electron chi connectivity index (χ4n) is 3.95. The maximum absolute atomic E-state index is 13.5. The summed E-state index contributed by atoms with van der Waals surface area (Å²) in [5.41, 5.74) is 0.611. The van der Waals surface area contributed by atoms with E-state index in [-0.39, 0.29) is 49.2 Å². The van der Waals surface area contributed by atoms with Crippen LogP contribution in [-0.4, -0.2) is 61.0 Å². The molecular weight excluding hydrogens is 419 g/mol. The molecule has 0 N–H and O–H groups in total. The zero-order valence-corrected chi connectivity index (χ0v) is 17.5. The maximum Gasteiger partial charge on any atom is 0.262 e. The van der Waals surface area contributed by atoms with Crippen molar-refractivity contribution in [2.24, 2.45) is 7.05 Å². The zero-order chi connectivity index (χ0) is 20.8. The lowest BCUT2D eigenvalue weighted by Gasteiger charge is -2.42. The highest BCUT2D eigenvalue weighted by atomic mass is 32.2. The molecule has 2 aliphatic rings. The van der Waals surface area contributed by atoms with Crippen LogP contribution in [-0.2, 0) is 39.2 Å². The molecule has 1 unspecified atom stereocenters. The first-order valence-corrected chi connectivity index (χ1v) is 11.9. The van der Waals surface area contributed by atoms with Crippen molar-refractivity contribution in [1.29, 1.82) is 0 Å². The number of rotatable bonds is 4. The second kappa shape index (κ2) is 7.29. The molecule has 156 valence electrons. The van der Waals surface area contributed by atoms with Gasteiger partial charge in [0.25, 0.3) is 10.0 Å². The minimum atomic E-state index is -3.75. The molecule has 2 fully saturated rings. The van der Waals surface area contributed by atoms with Crippen LogP contribution in [0.5, 0.6) is 0 Å². The predicted octanol–water partition coefficient (Wildman–Crippen LogP) is 0.831. The summed E-state index contributed by atoms with van der Waals surface area (Å²) in [6.45, 7) is 0.421. The highest BCUT2D eigenvalue weighted by Crippen LogP contribution is 2.39. The van der Waals surface area contributed by atoms with Crippen LogP contribution in [0.15, 0.2) is 41.8 Å². The Balaban J connectivity index is 1.56. The van der Waals surface area contributed by atoms with E-state index in [2.05, 4.69) is 4.98 Å². The van der Waals surface area contributed by atoms with Crippen molar-refractivity contribution in [3.05, 3.63) is 48.2 Å². The third-order valence-corrected chi connectivity index (χ3v) is 9.26. The molecule has 1 spiro atoms. The van der Waals surface area contributed by atoms with E-state index in [1.165, 1.54) is 29.0 Å². The first-order valence-electron chi connectivity index (χ1n) is 9.14. The number of aromatic nitrogens is 2. The van der Waals surface area contributed by atoms with Gasteiger partial charge in [-0.05, 0) is 30.5 Å². The van der Waals surface area contributed by atoms with Crippen molar-refractivity contribution in [2.45, 2.75) is 29.3 Å². The molecule has 0 saturated carbocycles. The van der Waals surface area contributed by atoms with Crippen LogP contribution in [0.1, 0.15) is 18.4 Å². The van der Waals surface area contributed by atoms with Gasteiger partial charge in [0, 0.05) is 32.9 Å². The molecule has 2 aliphatic heterocycles. The monoisotopic (exact) mass is 440 g/mol. The van der Waals surface area contributed by atoms with Gasteiger partial charge in [-0.25, -0.2) is 17.8 Å². The van der Waals surface area contributed by atoms with Gasteiger partial charge in [0.1, 0.15) is 16.4 Å². The van der Waals surface area contributed by atoms with Crippen LogP contribution in [0.25, 0.3) is 0 Å². The Labute approximate surface area is 170 Å². The van der Waals surface area contributed by atoms with E-state index in [0.29, 0.717) is 5.56 Å². The molecule has 11 heteroatoms. The van der Waals surface area contributed by atoms with Gasteiger partial charge in [0.05, 0.1) is 17.1 Å². The number of carbonyl (C=O) groups excluding carboxylic acids is 1. The highest BCUT2D eigenvalue weighted by Gasteiger charge is 2.53. The highest BCUT2D eigenvalue weighted by molar-refractivity contribution is 7.89. The summed E-state index contributed by atoms with van der Waals surface area (Å²) in [6, 6.07) is 5.95. The van der Waals surface area contributed by atoms with E-state index in [4.69, 9.17) is 0 Å². The molecule has 29 heavy (non-hydrogen) atoms. The number of imidazole rings is 1. The summed E-state index contributed by atoms with van der Waals surface area (Å²) in [5.74, 6) is -0.753. The Morgan fingerprint density at radius 2 is 2.00 bits per heavy atom. The smallest absolute Gasteiger partial charge is 0.262 e. The number of hydrogen-bond acceptors (Lipinski definition) is 5. The fraction of sp³-hybridized carbons (Fsp3) is 0.444. The third-order valence-electron chi connectivity index (χ3n) is 5.49. The number of sulfonamides is 1. The maximum atomic E-state index is 13.5. The molecule has 4 rings (SSSR count). The van der Waals surface area contributed by atoms with Crippen molar-refractivity contribution in [1.82, 2.24) is 18.8 Å².